The Morgan fingerprint density at radius 3 is 2.40 bits per heavy atom. The lowest BCUT2D eigenvalue weighted by molar-refractivity contribution is 0.466. The highest BCUT2D eigenvalue weighted by molar-refractivity contribution is 4.87. The molecule has 0 amide bonds. The van der Waals surface area contributed by atoms with E-state index in [0.29, 0.717) is 5.92 Å². The lowest BCUT2D eigenvalue weighted by Crippen LogP contribution is -2.03. The maximum absolute atomic E-state index is 3.72. The van der Waals surface area contributed by atoms with E-state index in [9.17, 15) is 0 Å². The Balaban J connectivity index is 3.68. The van der Waals surface area contributed by atoms with Crippen LogP contribution in [0.5, 0.6) is 0 Å². The first kappa shape index (κ1) is 9.48. The smallest absolute Gasteiger partial charge is 0.0233 e. The predicted molar refractivity (Wildman–Crippen MR) is 48.0 cm³/mol. The molecule has 0 aromatic carbocycles. The molecular formula is C10H18. The molecule has 0 aromatic rings. The van der Waals surface area contributed by atoms with Crippen LogP contribution in [0, 0.1) is 11.8 Å². The zero-order valence-electron chi connectivity index (χ0n) is 7.30. The maximum atomic E-state index is 3.72. The topological polar surface area (TPSA) is 0 Å². The Kier molecular flexibility index (Phi) is 5.00. The van der Waals surface area contributed by atoms with Gasteiger partial charge in [-0.3, -0.25) is 0 Å². The minimum Gasteiger partial charge on any atom is -0.103 e. The molecule has 0 nitrogen and oxygen atoms in total. The molecule has 0 aliphatic carbocycles. The van der Waals surface area contributed by atoms with Gasteiger partial charge in [0.05, 0.1) is 0 Å². The second-order valence-electron chi connectivity index (χ2n) is 2.89. The van der Waals surface area contributed by atoms with E-state index >= 15 is 0 Å². The Morgan fingerprint density at radius 2 is 2.00 bits per heavy atom. The van der Waals surface area contributed by atoms with Crippen LogP contribution in [0.4, 0.5) is 0 Å². The van der Waals surface area contributed by atoms with Gasteiger partial charge in [0.15, 0.2) is 0 Å². The maximum Gasteiger partial charge on any atom is -0.0233 e. The van der Waals surface area contributed by atoms with Crippen LogP contribution in [0.15, 0.2) is 24.8 Å². The van der Waals surface area contributed by atoms with Gasteiger partial charge in [-0.15, -0.1) is 6.58 Å². The average Bonchev–Trinajstić information content (AvgIpc) is 1.89. The van der Waals surface area contributed by atoms with Gasteiger partial charge in [-0.2, -0.15) is 0 Å². The van der Waals surface area contributed by atoms with Crippen molar-refractivity contribution < 1.29 is 0 Å². The fourth-order valence-corrected chi connectivity index (χ4v) is 0.971. The highest BCUT2D eigenvalue weighted by Gasteiger charge is 2.05. The summed E-state index contributed by atoms with van der Waals surface area (Å²) in [7, 11) is 0. The van der Waals surface area contributed by atoms with Crippen LogP contribution >= 0.6 is 0 Å². The van der Waals surface area contributed by atoms with E-state index in [-0.39, 0.29) is 0 Å². The summed E-state index contributed by atoms with van der Waals surface area (Å²) in [6.45, 7) is 10.3. The molecule has 0 bridgehead atoms. The van der Waals surface area contributed by atoms with Crippen molar-refractivity contribution in [3.8, 4) is 0 Å². The van der Waals surface area contributed by atoms with Crippen molar-refractivity contribution in [3.63, 3.8) is 0 Å². The second-order valence-corrected chi connectivity index (χ2v) is 2.89. The van der Waals surface area contributed by atoms with Crippen molar-refractivity contribution in [2.45, 2.75) is 27.2 Å². The number of hydrogen-bond donors (Lipinski definition) is 0. The van der Waals surface area contributed by atoms with E-state index in [1.165, 1.54) is 0 Å². The van der Waals surface area contributed by atoms with Gasteiger partial charge in [0.2, 0.25) is 0 Å². The molecule has 0 aliphatic rings. The average molecular weight is 138 g/mol. The number of hydrogen-bond acceptors (Lipinski definition) is 0. The molecule has 0 heterocycles. The van der Waals surface area contributed by atoms with Crippen LogP contribution in [-0.2, 0) is 0 Å². The van der Waals surface area contributed by atoms with Crippen molar-refractivity contribution in [3.05, 3.63) is 24.8 Å². The quantitative estimate of drug-likeness (QED) is 0.522. The second kappa shape index (κ2) is 5.28. The minimum absolute atomic E-state index is 0.683. The molecule has 2 atom stereocenters. The summed E-state index contributed by atoms with van der Waals surface area (Å²) in [6.07, 6.45) is 7.47. The van der Waals surface area contributed by atoms with Gasteiger partial charge in [0.25, 0.3) is 0 Å². The van der Waals surface area contributed by atoms with Crippen molar-refractivity contribution in [2.24, 2.45) is 11.8 Å². The molecule has 10 heavy (non-hydrogen) atoms. The lowest BCUT2D eigenvalue weighted by atomic mass is 9.93. The standard InChI is InChI=1S/C10H18/c1-5-7-9(3)10(4)8-6-2/h5-6,8-10H,1,7H2,2-4H3. The van der Waals surface area contributed by atoms with Crippen molar-refractivity contribution in [2.75, 3.05) is 0 Å². The molecule has 0 aliphatic heterocycles. The van der Waals surface area contributed by atoms with Gasteiger partial charge in [-0.25, -0.2) is 0 Å². The number of allylic oxidation sites excluding steroid dienone is 3. The van der Waals surface area contributed by atoms with E-state index in [1.54, 1.807) is 0 Å². The van der Waals surface area contributed by atoms with Gasteiger partial charge in [-0.1, -0.05) is 32.1 Å². The summed E-state index contributed by atoms with van der Waals surface area (Å²) in [6, 6.07) is 0. The van der Waals surface area contributed by atoms with E-state index in [1.807, 2.05) is 6.08 Å². The summed E-state index contributed by atoms with van der Waals surface area (Å²) < 4.78 is 0. The monoisotopic (exact) mass is 138 g/mol. The SMILES string of the molecule is C=CCC(C)C(C)C=CC. The lowest BCUT2D eigenvalue weighted by Gasteiger charge is -2.13. The van der Waals surface area contributed by atoms with E-state index in [0.717, 1.165) is 12.3 Å². The van der Waals surface area contributed by atoms with Gasteiger partial charge < -0.3 is 0 Å². The number of rotatable bonds is 4. The summed E-state index contributed by atoms with van der Waals surface area (Å²) in [5.74, 6) is 1.41. The molecule has 2 unspecified atom stereocenters. The molecule has 0 fully saturated rings. The fourth-order valence-electron chi connectivity index (χ4n) is 0.971. The van der Waals surface area contributed by atoms with Gasteiger partial charge >= 0.3 is 0 Å². The molecule has 0 radical (unpaired) electrons. The summed E-state index contributed by atoms with van der Waals surface area (Å²) in [5, 5.41) is 0. The Morgan fingerprint density at radius 1 is 1.40 bits per heavy atom. The fraction of sp³-hybridized carbons (Fsp3) is 0.600. The first-order valence-corrected chi connectivity index (χ1v) is 3.96. The molecular weight excluding hydrogens is 120 g/mol. The van der Waals surface area contributed by atoms with Crippen LogP contribution in [0.25, 0.3) is 0 Å². The molecule has 0 saturated carbocycles. The van der Waals surface area contributed by atoms with E-state index in [2.05, 4.69) is 39.5 Å². The van der Waals surface area contributed by atoms with Gasteiger partial charge in [0.1, 0.15) is 0 Å². The first-order valence-electron chi connectivity index (χ1n) is 3.96. The van der Waals surface area contributed by atoms with Crippen LogP contribution in [0.2, 0.25) is 0 Å². The van der Waals surface area contributed by atoms with Crippen molar-refractivity contribution in [1.29, 1.82) is 0 Å². The molecule has 0 rings (SSSR count). The summed E-state index contributed by atoms with van der Waals surface area (Å²) in [5.41, 5.74) is 0. The summed E-state index contributed by atoms with van der Waals surface area (Å²) >= 11 is 0. The van der Waals surface area contributed by atoms with Gasteiger partial charge in [-0.05, 0) is 25.2 Å². The van der Waals surface area contributed by atoms with E-state index < -0.39 is 0 Å². The highest BCUT2D eigenvalue weighted by Crippen LogP contribution is 2.15. The van der Waals surface area contributed by atoms with Crippen molar-refractivity contribution in [1.82, 2.24) is 0 Å². The third-order valence-electron chi connectivity index (χ3n) is 1.93. The van der Waals surface area contributed by atoms with Crippen LogP contribution in [-0.4, -0.2) is 0 Å². The van der Waals surface area contributed by atoms with Crippen molar-refractivity contribution >= 4 is 0 Å². The minimum atomic E-state index is 0.683. The Hall–Kier alpha value is -0.520. The van der Waals surface area contributed by atoms with Crippen LogP contribution < -0.4 is 0 Å². The van der Waals surface area contributed by atoms with E-state index in [4.69, 9.17) is 0 Å². The zero-order chi connectivity index (χ0) is 7.98. The Bertz CT molecular complexity index is 111. The molecule has 0 spiro atoms. The third kappa shape index (κ3) is 3.49. The van der Waals surface area contributed by atoms with Crippen LogP contribution in [0.1, 0.15) is 27.2 Å². The normalized spacial score (nSPS) is 17.1. The highest BCUT2D eigenvalue weighted by atomic mass is 14.1. The zero-order valence-corrected chi connectivity index (χ0v) is 7.30. The summed E-state index contributed by atoms with van der Waals surface area (Å²) in [4.78, 5) is 0. The molecule has 0 saturated heterocycles. The molecule has 0 heteroatoms. The largest absolute Gasteiger partial charge is 0.103 e. The van der Waals surface area contributed by atoms with Gasteiger partial charge in [0, 0.05) is 0 Å². The molecule has 0 aromatic heterocycles. The third-order valence-corrected chi connectivity index (χ3v) is 1.93. The first-order chi connectivity index (χ1) is 4.72. The Labute approximate surface area is 64.6 Å². The van der Waals surface area contributed by atoms with Crippen LogP contribution in [0.3, 0.4) is 0 Å². The molecule has 0 N–H and O–H groups in total. The predicted octanol–water partition coefficient (Wildman–Crippen LogP) is 3.41. The molecule has 58 valence electrons.